The average Bonchev–Trinajstić information content (AvgIpc) is 3.08. The van der Waals surface area contributed by atoms with E-state index in [2.05, 4.69) is 15.5 Å². The molecular weight excluding hydrogens is 359 g/mol. The first-order valence-electron chi connectivity index (χ1n) is 8.24. The maximum absolute atomic E-state index is 12.4. The summed E-state index contributed by atoms with van der Waals surface area (Å²) in [6.07, 6.45) is -4.41. The Balaban J connectivity index is 1.69. The molecule has 0 spiro atoms. The van der Waals surface area contributed by atoms with Crippen LogP contribution in [-0.2, 0) is 6.54 Å². The van der Waals surface area contributed by atoms with Gasteiger partial charge in [-0.25, -0.2) is 0 Å². The second-order valence-electron chi connectivity index (χ2n) is 6.13. The lowest BCUT2D eigenvalue weighted by molar-refractivity contribution is -0.153. The summed E-state index contributed by atoms with van der Waals surface area (Å²) in [5.41, 5.74) is 3.15. The zero-order valence-electron chi connectivity index (χ0n) is 14.8. The largest absolute Gasteiger partial charge is 0.482 e. The number of nitrogens with zero attached hydrogens (tertiary/aromatic N) is 2. The summed E-state index contributed by atoms with van der Waals surface area (Å²) >= 11 is 0. The predicted molar refractivity (Wildman–Crippen MR) is 94.5 cm³/mol. The molecule has 0 aliphatic carbocycles. The van der Waals surface area contributed by atoms with Crippen LogP contribution in [0.5, 0.6) is 5.75 Å². The van der Waals surface area contributed by atoms with Crippen molar-refractivity contribution in [2.45, 2.75) is 26.6 Å². The molecule has 0 aliphatic heterocycles. The van der Waals surface area contributed by atoms with Gasteiger partial charge in [0.2, 0.25) is 11.7 Å². The van der Waals surface area contributed by atoms with E-state index in [9.17, 15) is 13.2 Å². The number of anilines is 1. The van der Waals surface area contributed by atoms with Crippen molar-refractivity contribution in [1.82, 2.24) is 10.1 Å². The van der Waals surface area contributed by atoms with Crippen LogP contribution in [0.2, 0.25) is 0 Å². The SMILES string of the molecule is Cc1ccc(-c2noc(CNc3ccc(C)cc3OCC(F)(F)F)n2)cc1. The summed E-state index contributed by atoms with van der Waals surface area (Å²) < 4.78 is 47.4. The van der Waals surface area contributed by atoms with Gasteiger partial charge in [0.25, 0.3) is 0 Å². The molecule has 5 nitrogen and oxygen atoms in total. The Hall–Kier alpha value is -3.03. The van der Waals surface area contributed by atoms with Crippen molar-refractivity contribution in [2.75, 3.05) is 11.9 Å². The predicted octanol–water partition coefficient (Wildman–Crippen LogP) is 4.91. The van der Waals surface area contributed by atoms with Crippen LogP contribution < -0.4 is 10.1 Å². The molecule has 3 rings (SSSR count). The number of aromatic nitrogens is 2. The first-order valence-corrected chi connectivity index (χ1v) is 8.24. The Morgan fingerprint density at radius 2 is 1.74 bits per heavy atom. The van der Waals surface area contributed by atoms with Gasteiger partial charge >= 0.3 is 6.18 Å². The monoisotopic (exact) mass is 377 g/mol. The first kappa shape index (κ1) is 18.8. The Bertz CT molecular complexity index is 905. The number of benzene rings is 2. The highest BCUT2D eigenvalue weighted by Gasteiger charge is 2.28. The standard InChI is InChI=1S/C19H18F3N3O2/c1-12-3-6-14(7-4-12)18-24-17(27-25-18)10-23-15-8-5-13(2)9-16(15)26-11-19(20,21)22/h3-9,23H,10-11H2,1-2H3. The topological polar surface area (TPSA) is 60.2 Å². The zero-order valence-corrected chi connectivity index (χ0v) is 14.8. The minimum absolute atomic E-state index is 0.116. The summed E-state index contributed by atoms with van der Waals surface area (Å²) in [4.78, 5) is 4.30. The fourth-order valence-corrected chi connectivity index (χ4v) is 2.37. The fraction of sp³-hybridized carbons (Fsp3) is 0.263. The molecule has 0 saturated carbocycles. The van der Waals surface area contributed by atoms with Crippen LogP contribution in [0.25, 0.3) is 11.4 Å². The van der Waals surface area contributed by atoms with Gasteiger partial charge < -0.3 is 14.6 Å². The molecule has 0 saturated heterocycles. The number of nitrogens with one attached hydrogen (secondary N) is 1. The van der Waals surface area contributed by atoms with Crippen molar-refractivity contribution in [3.05, 3.63) is 59.5 Å². The Morgan fingerprint density at radius 3 is 2.44 bits per heavy atom. The lowest BCUT2D eigenvalue weighted by atomic mass is 10.1. The highest BCUT2D eigenvalue weighted by atomic mass is 19.4. The first-order chi connectivity index (χ1) is 12.8. The molecule has 1 aromatic heterocycles. The van der Waals surface area contributed by atoms with Crippen molar-refractivity contribution in [2.24, 2.45) is 0 Å². The Morgan fingerprint density at radius 1 is 1.04 bits per heavy atom. The van der Waals surface area contributed by atoms with E-state index in [1.165, 1.54) is 0 Å². The molecule has 0 amide bonds. The van der Waals surface area contributed by atoms with Crippen molar-refractivity contribution in [3.63, 3.8) is 0 Å². The Kier molecular flexibility index (Phi) is 5.34. The molecule has 0 bridgehead atoms. The minimum atomic E-state index is -4.41. The number of rotatable bonds is 6. The second-order valence-corrected chi connectivity index (χ2v) is 6.13. The van der Waals surface area contributed by atoms with E-state index in [0.29, 0.717) is 17.4 Å². The van der Waals surface area contributed by atoms with E-state index in [-0.39, 0.29) is 12.3 Å². The maximum Gasteiger partial charge on any atom is 0.422 e. The minimum Gasteiger partial charge on any atom is -0.482 e. The van der Waals surface area contributed by atoms with Crippen LogP contribution in [0.3, 0.4) is 0 Å². The molecule has 0 radical (unpaired) electrons. The van der Waals surface area contributed by atoms with E-state index in [4.69, 9.17) is 9.26 Å². The summed E-state index contributed by atoms with van der Waals surface area (Å²) in [7, 11) is 0. The average molecular weight is 377 g/mol. The number of aryl methyl sites for hydroxylation is 2. The molecular formula is C19H18F3N3O2. The van der Waals surface area contributed by atoms with E-state index >= 15 is 0 Å². The molecule has 142 valence electrons. The van der Waals surface area contributed by atoms with Gasteiger partial charge in [-0.3, -0.25) is 0 Å². The third kappa shape index (κ3) is 5.22. The molecule has 1 heterocycles. The molecule has 0 fully saturated rings. The summed E-state index contributed by atoms with van der Waals surface area (Å²) in [6.45, 7) is 2.55. The quantitative estimate of drug-likeness (QED) is 0.662. The van der Waals surface area contributed by atoms with Crippen LogP contribution in [0, 0.1) is 13.8 Å². The lowest BCUT2D eigenvalue weighted by Crippen LogP contribution is -2.19. The summed E-state index contributed by atoms with van der Waals surface area (Å²) in [6, 6.07) is 12.6. The van der Waals surface area contributed by atoms with Gasteiger partial charge in [-0.05, 0) is 31.5 Å². The van der Waals surface area contributed by atoms with Gasteiger partial charge in [0.15, 0.2) is 6.61 Å². The highest BCUT2D eigenvalue weighted by Crippen LogP contribution is 2.28. The zero-order chi connectivity index (χ0) is 19.4. The van der Waals surface area contributed by atoms with Crippen LogP contribution in [0.4, 0.5) is 18.9 Å². The molecule has 8 heteroatoms. The van der Waals surface area contributed by atoms with Crippen LogP contribution >= 0.6 is 0 Å². The van der Waals surface area contributed by atoms with Crippen LogP contribution in [0.1, 0.15) is 17.0 Å². The molecule has 0 atom stereocenters. The van der Waals surface area contributed by atoms with E-state index < -0.39 is 12.8 Å². The molecule has 1 N–H and O–H groups in total. The molecule has 2 aromatic carbocycles. The van der Waals surface area contributed by atoms with Crippen molar-refractivity contribution in [1.29, 1.82) is 0 Å². The van der Waals surface area contributed by atoms with Gasteiger partial charge in [-0.2, -0.15) is 18.2 Å². The second kappa shape index (κ2) is 7.69. The summed E-state index contributed by atoms with van der Waals surface area (Å²) in [5.74, 6) is 0.878. The van der Waals surface area contributed by atoms with E-state index in [0.717, 1.165) is 16.7 Å². The van der Waals surface area contributed by atoms with Gasteiger partial charge in [0.1, 0.15) is 5.75 Å². The molecule has 3 aromatic rings. The number of alkyl halides is 3. The summed E-state index contributed by atoms with van der Waals surface area (Å²) in [5, 5.41) is 6.91. The number of halogens is 3. The Labute approximate surface area is 154 Å². The van der Waals surface area contributed by atoms with Crippen LogP contribution in [-0.4, -0.2) is 22.9 Å². The molecule has 27 heavy (non-hydrogen) atoms. The number of ether oxygens (including phenoxy) is 1. The van der Waals surface area contributed by atoms with E-state index in [1.807, 2.05) is 31.2 Å². The van der Waals surface area contributed by atoms with Crippen molar-refractivity contribution < 1.29 is 22.4 Å². The van der Waals surface area contributed by atoms with Gasteiger partial charge in [0, 0.05) is 5.56 Å². The van der Waals surface area contributed by atoms with Crippen molar-refractivity contribution in [3.8, 4) is 17.1 Å². The smallest absolute Gasteiger partial charge is 0.422 e. The van der Waals surface area contributed by atoms with Gasteiger partial charge in [-0.15, -0.1) is 0 Å². The van der Waals surface area contributed by atoms with E-state index in [1.54, 1.807) is 25.1 Å². The third-order valence-corrected chi connectivity index (χ3v) is 3.74. The molecule has 0 unspecified atom stereocenters. The third-order valence-electron chi connectivity index (χ3n) is 3.74. The lowest BCUT2D eigenvalue weighted by Gasteiger charge is -2.14. The maximum atomic E-state index is 12.4. The highest BCUT2D eigenvalue weighted by molar-refractivity contribution is 5.58. The molecule has 0 aliphatic rings. The van der Waals surface area contributed by atoms with Crippen LogP contribution in [0.15, 0.2) is 47.0 Å². The number of hydrogen-bond donors (Lipinski definition) is 1. The van der Waals surface area contributed by atoms with Gasteiger partial charge in [0.05, 0.1) is 12.2 Å². The number of hydrogen-bond acceptors (Lipinski definition) is 5. The van der Waals surface area contributed by atoms with Gasteiger partial charge in [-0.1, -0.05) is 41.1 Å². The fourth-order valence-electron chi connectivity index (χ4n) is 2.37. The normalized spacial score (nSPS) is 11.4. The van der Waals surface area contributed by atoms with Crippen molar-refractivity contribution >= 4 is 5.69 Å².